The van der Waals surface area contributed by atoms with E-state index in [1.165, 1.54) is 14.2 Å². The summed E-state index contributed by atoms with van der Waals surface area (Å²) in [6.45, 7) is 3.72. The van der Waals surface area contributed by atoms with Gasteiger partial charge >= 0.3 is 7.60 Å². The molecule has 0 atom stereocenters. The summed E-state index contributed by atoms with van der Waals surface area (Å²) >= 11 is 0. The van der Waals surface area contributed by atoms with E-state index in [-0.39, 0.29) is 5.44 Å². The predicted molar refractivity (Wildman–Crippen MR) is 81.9 cm³/mol. The molecule has 0 saturated carbocycles. The second-order valence-electron chi connectivity index (χ2n) is 4.13. The van der Waals surface area contributed by atoms with Crippen molar-refractivity contribution in [3.8, 4) is 16.9 Å². The molecule has 0 aliphatic heterocycles. The second-order valence-corrected chi connectivity index (χ2v) is 6.30. The van der Waals surface area contributed by atoms with Crippen LogP contribution in [0.2, 0.25) is 0 Å². The third-order valence-electron chi connectivity index (χ3n) is 3.08. The molecule has 0 bridgehead atoms. The van der Waals surface area contributed by atoms with Gasteiger partial charge < -0.3 is 13.8 Å². The van der Waals surface area contributed by atoms with E-state index in [0.29, 0.717) is 17.0 Å². The van der Waals surface area contributed by atoms with Gasteiger partial charge in [0.15, 0.2) is 5.44 Å². The minimum absolute atomic E-state index is 0.288. The van der Waals surface area contributed by atoms with Crippen LogP contribution in [0.4, 0.5) is 0 Å². The molecule has 112 valence electrons. The molecule has 0 fully saturated rings. The molecule has 0 amide bonds. The monoisotopic (exact) mass is 308 g/mol. The number of hydrogen-bond donors (Lipinski definition) is 1. The SMILES string of the molecule is C=Cc1n[nH]c(P(=O)(OC)OC)c1-c1cccc(OC)c1. The van der Waals surface area contributed by atoms with Crippen LogP contribution in [0.3, 0.4) is 0 Å². The Labute approximate surface area is 123 Å². The Kier molecular flexibility index (Phi) is 4.63. The number of methoxy groups -OCH3 is 1. The molecule has 1 aromatic heterocycles. The minimum Gasteiger partial charge on any atom is -0.497 e. The van der Waals surface area contributed by atoms with Crippen LogP contribution in [-0.2, 0) is 13.6 Å². The van der Waals surface area contributed by atoms with Gasteiger partial charge in [0, 0.05) is 19.8 Å². The highest BCUT2D eigenvalue weighted by atomic mass is 31.2. The first-order valence-electron chi connectivity index (χ1n) is 6.17. The lowest BCUT2D eigenvalue weighted by Crippen LogP contribution is -2.12. The fraction of sp³-hybridized carbons (Fsp3) is 0.214. The summed E-state index contributed by atoms with van der Waals surface area (Å²) in [5.74, 6) is 0.680. The summed E-state index contributed by atoms with van der Waals surface area (Å²) in [6, 6.07) is 7.34. The molecular weight excluding hydrogens is 291 g/mol. The quantitative estimate of drug-likeness (QED) is 0.831. The van der Waals surface area contributed by atoms with Crippen molar-refractivity contribution in [2.24, 2.45) is 0 Å². The average Bonchev–Trinajstić information content (AvgIpc) is 2.98. The van der Waals surface area contributed by atoms with Crippen molar-refractivity contribution >= 4 is 19.1 Å². The van der Waals surface area contributed by atoms with E-state index in [9.17, 15) is 4.57 Å². The smallest absolute Gasteiger partial charge is 0.379 e. The number of H-pyrrole nitrogens is 1. The van der Waals surface area contributed by atoms with Crippen LogP contribution in [-0.4, -0.2) is 31.5 Å². The van der Waals surface area contributed by atoms with Crippen molar-refractivity contribution in [2.75, 3.05) is 21.3 Å². The fourth-order valence-corrected chi connectivity index (χ4v) is 3.22. The van der Waals surface area contributed by atoms with Gasteiger partial charge in [-0.1, -0.05) is 18.7 Å². The molecule has 0 saturated heterocycles. The van der Waals surface area contributed by atoms with Crippen LogP contribution in [0.15, 0.2) is 30.8 Å². The number of aromatic amines is 1. The van der Waals surface area contributed by atoms with E-state index in [2.05, 4.69) is 16.8 Å². The number of aromatic nitrogens is 2. The molecule has 1 aromatic carbocycles. The Morgan fingerprint density at radius 2 is 2.00 bits per heavy atom. The third kappa shape index (κ3) is 2.78. The first-order chi connectivity index (χ1) is 10.1. The van der Waals surface area contributed by atoms with E-state index >= 15 is 0 Å². The lowest BCUT2D eigenvalue weighted by Gasteiger charge is -2.14. The van der Waals surface area contributed by atoms with Crippen molar-refractivity contribution in [2.45, 2.75) is 0 Å². The van der Waals surface area contributed by atoms with E-state index < -0.39 is 7.60 Å². The molecule has 1 N–H and O–H groups in total. The number of nitrogens with one attached hydrogen (secondary N) is 1. The Morgan fingerprint density at radius 1 is 1.29 bits per heavy atom. The number of benzene rings is 1. The molecule has 0 aliphatic rings. The van der Waals surface area contributed by atoms with Crippen molar-refractivity contribution in [1.29, 1.82) is 0 Å². The summed E-state index contributed by atoms with van der Waals surface area (Å²) in [4.78, 5) is 0. The van der Waals surface area contributed by atoms with Crippen LogP contribution in [0.5, 0.6) is 5.75 Å². The standard InChI is InChI=1S/C14H17N2O4P/c1-5-12-13(10-7-6-8-11(9-10)18-2)14(16-15-12)21(17,19-3)20-4/h5-9H,1H2,2-4H3,(H,15,16). The van der Waals surface area contributed by atoms with Gasteiger partial charge in [-0.3, -0.25) is 9.66 Å². The van der Waals surface area contributed by atoms with Gasteiger partial charge in [-0.2, -0.15) is 5.10 Å². The van der Waals surface area contributed by atoms with Crippen molar-refractivity contribution in [3.05, 3.63) is 36.5 Å². The molecule has 0 aliphatic carbocycles. The molecule has 21 heavy (non-hydrogen) atoms. The maximum absolute atomic E-state index is 12.6. The topological polar surface area (TPSA) is 73.4 Å². The Bertz CT molecular complexity index is 688. The summed E-state index contributed by atoms with van der Waals surface area (Å²) in [6.07, 6.45) is 1.57. The zero-order chi connectivity index (χ0) is 15.5. The molecule has 7 heteroatoms. The summed E-state index contributed by atoms with van der Waals surface area (Å²) in [5.41, 5.74) is 2.25. The van der Waals surface area contributed by atoms with Crippen molar-refractivity contribution < 1.29 is 18.3 Å². The molecule has 1 heterocycles. The zero-order valence-corrected chi connectivity index (χ0v) is 13.0. The van der Waals surface area contributed by atoms with Gasteiger partial charge in [-0.25, -0.2) is 0 Å². The van der Waals surface area contributed by atoms with Crippen LogP contribution in [0, 0.1) is 0 Å². The second kappa shape index (κ2) is 6.26. The lowest BCUT2D eigenvalue weighted by molar-refractivity contribution is 0.286. The molecule has 6 nitrogen and oxygen atoms in total. The fourth-order valence-electron chi connectivity index (χ4n) is 2.01. The molecule has 0 unspecified atom stereocenters. The normalized spacial score (nSPS) is 11.4. The molecule has 2 rings (SSSR count). The van der Waals surface area contributed by atoms with Crippen LogP contribution in [0.1, 0.15) is 5.69 Å². The van der Waals surface area contributed by atoms with Gasteiger partial charge in [-0.15, -0.1) is 0 Å². The highest BCUT2D eigenvalue weighted by molar-refractivity contribution is 7.62. The zero-order valence-electron chi connectivity index (χ0n) is 12.1. The molecule has 0 spiro atoms. The van der Waals surface area contributed by atoms with Crippen molar-refractivity contribution in [3.63, 3.8) is 0 Å². The number of rotatable bonds is 6. The summed E-state index contributed by atoms with van der Waals surface area (Å²) in [5, 5.41) is 6.84. The Morgan fingerprint density at radius 3 is 2.57 bits per heavy atom. The molecule has 2 aromatic rings. The van der Waals surface area contributed by atoms with Crippen LogP contribution in [0.25, 0.3) is 17.2 Å². The van der Waals surface area contributed by atoms with Crippen LogP contribution < -0.4 is 10.2 Å². The summed E-state index contributed by atoms with van der Waals surface area (Å²) in [7, 11) is 0.778. The van der Waals surface area contributed by atoms with Gasteiger partial charge in [0.2, 0.25) is 0 Å². The largest absolute Gasteiger partial charge is 0.497 e. The van der Waals surface area contributed by atoms with Gasteiger partial charge in [0.05, 0.1) is 12.8 Å². The maximum atomic E-state index is 12.6. The van der Waals surface area contributed by atoms with Gasteiger partial charge in [0.1, 0.15) is 5.75 Å². The van der Waals surface area contributed by atoms with E-state index in [1.807, 2.05) is 24.3 Å². The predicted octanol–water partition coefficient (Wildman–Crippen LogP) is 2.84. The first kappa shape index (κ1) is 15.5. The molecular formula is C14H17N2O4P. The highest BCUT2D eigenvalue weighted by Crippen LogP contribution is 2.47. The van der Waals surface area contributed by atoms with E-state index in [4.69, 9.17) is 13.8 Å². The lowest BCUT2D eigenvalue weighted by atomic mass is 10.1. The van der Waals surface area contributed by atoms with Gasteiger partial charge in [-0.05, 0) is 23.8 Å². The van der Waals surface area contributed by atoms with Crippen molar-refractivity contribution in [1.82, 2.24) is 10.2 Å². The van der Waals surface area contributed by atoms with Gasteiger partial charge in [0.25, 0.3) is 0 Å². The highest BCUT2D eigenvalue weighted by Gasteiger charge is 2.32. The maximum Gasteiger partial charge on any atom is 0.379 e. The molecule has 0 radical (unpaired) electrons. The van der Waals surface area contributed by atoms with E-state index in [1.54, 1.807) is 13.2 Å². The first-order valence-corrected chi connectivity index (χ1v) is 7.71. The van der Waals surface area contributed by atoms with E-state index in [0.717, 1.165) is 5.56 Å². The Hall–Kier alpha value is -1.88. The number of hydrogen-bond acceptors (Lipinski definition) is 5. The minimum atomic E-state index is -3.46. The number of ether oxygens (including phenoxy) is 1. The Balaban J connectivity index is 2.69. The third-order valence-corrected chi connectivity index (χ3v) is 4.91. The van der Waals surface area contributed by atoms with Crippen LogP contribution >= 0.6 is 7.60 Å². The number of nitrogens with zero attached hydrogens (tertiary/aromatic N) is 1. The summed E-state index contributed by atoms with van der Waals surface area (Å²) < 4.78 is 28.0. The average molecular weight is 308 g/mol.